The third kappa shape index (κ3) is 5.73. The highest BCUT2D eigenvalue weighted by Gasteiger charge is 2.55. The third-order valence-corrected chi connectivity index (χ3v) is 10.3. The van der Waals surface area contributed by atoms with Crippen LogP contribution in [0, 0.1) is 4.91 Å². The summed E-state index contributed by atoms with van der Waals surface area (Å²) < 4.78 is 0.0400. The van der Waals surface area contributed by atoms with Crippen molar-refractivity contribution in [2.45, 2.75) is 40.2 Å². The fourth-order valence-electron chi connectivity index (χ4n) is 3.54. The number of aromatic nitrogens is 2. The number of rotatable bonds is 10. The number of thiazole rings is 1. The number of hydrogen-bond acceptors (Lipinski definition) is 13. The van der Waals surface area contributed by atoms with Gasteiger partial charge < -0.3 is 21.9 Å². The average Bonchev–Trinajstić information content (AvgIpc) is 3.19. The number of nitroso groups, excluding NO2 is 1. The minimum atomic E-state index is -1.60. The number of amides is 2. The number of fused-ring (bicyclic) bond motifs is 1. The number of hydrogen-bond donors (Lipinski definition) is 4. The number of β-lactam (4-membered cyclic amide) rings is 1. The van der Waals surface area contributed by atoms with Crippen molar-refractivity contribution in [3.8, 4) is 0 Å². The van der Waals surface area contributed by atoms with Crippen LogP contribution in [0.1, 0.15) is 18.7 Å². The van der Waals surface area contributed by atoms with Gasteiger partial charge in [-0.15, -0.1) is 28.4 Å². The Morgan fingerprint density at radius 2 is 2.19 bits per heavy atom. The number of halogens is 1. The second-order valence-electron chi connectivity index (χ2n) is 7.90. The molecule has 1 saturated heterocycles. The van der Waals surface area contributed by atoms with Gasteiger partial charge in [-0.2, -0.15) is 0 Å². The summed E-state index contributed by atoms with van der Waals surface area (Å²) >= 11 is 11.0. The fourth-order valence-corrected chi connectivity index (χ4v) is 8.06. The first-order valence-corrected chi connectivity index (χ1v) is 14.6. The van der Waals surface area contributed by atoms with E-state index >= 15 is 0 Å². The molecule has 196 valence electrons. The number of aliphatic carboxylic acids is 1. The van der Waals surface area contributed by atoms with E-state index in [1.165, 1.54) is 35.3 Å². The second-order valence-corrected chi connectivity index (χ2v) is 12.8. The quantitative estimate of drug-likeness (QED) is 0.177. The average molecular weight is 602 g/mol. The van der Waals surface area contributed by atoms with Gasteiger partial charge in [0.15, 0.2) is 5.13 Å². The summed E-state index contributed by atoms with van der Waals surface area (Å²) in [5.41, 5.74) is 11.2. The first-order valence-electron chi connectivity index (χ1n) is 10.6. The number of carboxylic acid groups (broad SMARTS) is 1. The van der Waals surface area contributed by atoms with E-state index in [4.69, 9.17) is 23.1 Å². The molecule has 4 heterocycles. The molecule has 0 bridgehead atoms. The first kappa shape index (κ1) is 27.7. The molecule has 2 aliphatic heterocycles. The molecule has 12 nitrogen and oxygen atoms in total. The van der Waals surface area contributed by atoms with Crippen molar-refractivity contribution in [3.05, 3.63) is 44.0 Å². The molecule has 2 unspecified atom stereocenters. The van der Waals surface area contributed by atoms with Crippen LogP contribution in [0.15, 0.2) is 44.0 Å². The highest BCUT2D eigenvalue weighted by atomic mass is 35.5. The Balaban J connectivity index is 1.52. The topological polar surface area (TPSA) is 194 Å². The largest absolute Gasteiger partial charge is 0.477 e. The number of anilines is 1. The van der Waals surface area contributed by atoms with Crippen molar-refractivity contribution in [3.63, 3.8) is 0 Å². The monoisotopic (exact) mass is 601 g/mol. The molecule has 4 rings (SSSR count). The summed E-state index contributed by atoms with van der Waals surface area (Å²) in [6.45, 7) is 1.89. The standard InChI is InChI=1S/C20H20ClN7O5S4/c1-7(22)5-34-9-4-24-3-2-8(9)36-10-6-35-18-13(17(30)28(18)14(10)19(31)32)25-16(29)12(27-33)11-15(21)37-20(23)26-11/h2-4,7,12-13,18H,5-6,22H2,1H3,(H2,23,26)(H,25,29)(H,31,32)/t7?,12?,13-,18+/m1/s1. The third-order valence-electron chi connectivity index (χ3n) is 5.15. The van der Waals surface area contributed by atoms with E-state index in [1.54, 1.807) is 18.5 Å². The van der Waals surface area contributed by atoms with Gasteiger partial charge in [0.1, 0.15) is 27.1 Å². The number of nitrogens with two attached hydrogens (primary N) is 2. The van der Waals surface area contributed by atoms with Crippen LogP contribution in [0.5, 0.6) is 0 Å². The van der Waals surface area contributed by atoms with Gasteiger partial charge in [-0.25, -0.2) is 9.78 Å². The predicted octanol–water partition coefficient (Wildman–Crippen LogP) is 2.51. The van der Waals surface area contributed by atoms with E-state index in [1.807, 2.05) is 6.92 Å². The summed E-state index contributed by atoms with van der Waals surface area (Å²) in [4.78, 5) is 60.7. The van der Waals surface area contributed by atoms with Gasteiger partial charge in [0, 0.05) is 44.6 Å². The van der Waals surface area contributed by atoms with Crippen LogP contribution in [0.4, 0.5) is 5.13 Å². The second kappa shape index (κ2) is 11.6. The van der Waals surface area contributed by atoms with Crippen LogP contribution < -0.4 is 16.8 Å². The van der Waals surface area contributed by atoms with Crippen LogP contribution >= 0.6 is 58.2 Å². The number of carbonyl (C=O) groups is 3. The molecule has 0 aromatic carbocycles. The molecular weight excluding hydrogens is 582 g/mol. The predicted molar refractivity (Wildman–Crippen MR) is 144 cm³/mol. The lowest BCUT2D eigenvalue weighted by Gasteiger charge is -2.49. The number of nitrogens with one attached hydrogen (secondary N) is 1. The van der Waals surface area contributed by atoms with Crippen molar-refractivity contribution >= 4 is 81.1 Å². The van der Waals surface area contributed by atoms with Crippen molar-refractivity contribution in [1.29, 1.82) is 0 Å². The van der Waals surface area contributed by atoms with Crippen LogP contribution in [0.2, 0.25) is 4.34 Å². The van der Waals surface area contributed by atoms with Gasteiger partial charge in [-0.3, -0.25) is 19.5 Å². The van der Waals surface area contributed by atoms with Crippen LogP contribution in [-0.4, -0.2) is 66.7 Å². The minimum Gasteiger partial charge on any atom is -0.477 e. The zero-order valence-corrected chi connectivity index (χ0v) is 23.0. The van der Waals surface area contributed by atoms with Crippen molar-refractivity contribution in [2.75, 3.05) is 17.2 Å². The zero-order valence-electron chi connectivity index (χ0n) is 19.0. The number of pyridine rings is 1. The van der Waals surface area contributed by atoms with Gasteiger partial charge in [-0.1, -0.05) is 34.7 Å². The molecule has 6 N–H and O–H groups in total. The van der Waals surface area contributed by atoms with E-state index in [9.17, 15) is 24.4 Å². The molecule has 0 spiro atoms. The summed E-state index contributed by atoms with van der Waals surface area (Å²) in [5.74, 6) is -1.81. The van der Waals surface area contributed by atoms with E-state index in [2.05, 4.69) is 20.5 Å². The van der Waals surface area contributed by atoms with Crippen LogP contribution in [0.3, 0.4) is 0 Å². The Bertz CT molecular complexity index is 1290. The summed E-state index contributed by atoms with van der Waals surface area (Å²) in [6.07, 6.45) is 3.30. The lowest BCUT2D eigenvalue weighted by molar-refractivity contribution is -0.150. The Morgan fingerprint density at radius 3 is 2.81 bits per heavy atom. The number of carboxylic acids is 1. The van der Waals surface area contributed by atoms with Gasteiger partial charge in [0.2, 0.25) is 6.04 Å². The molecule has 37 heavy (non-hydrogen) atoms. The van der Waals surface area contributed by atoms with Crippen molar-refractivity contribution in [1.82, 2.24) is 20.2 Å². The maximum atomic E-state index is 13.0. The molecule has 2 aromatic heterocycles. The number of nitrogens with zero attached hydrogens (tertiary/aromatic N) is 4. The Kier molecular flexibility index (Phi) is 8.65. The Hall–Kier alpha value is -2.37. The molecule has 0 radical (unpaired) electrons. The number of nitrogen functional groups attached to an aromatic ring is 1. The first-order chi connectivity index (χ1) is 17.6. The Morgan fingerprint density at radius 1 is 1.43 bits per heavy atom. The van der Waals surface area contributed by atoms with E-state index < -0.39 is 35.2 Å². The number of carbonyl (C=O) groups excluding carboxylic acids is 2. The molecule has 2 aromatic rings. The van der Waals surface area contributed by atoms with Gasteiger partial charge in [0.25, 0.3) is 11.8 Å². The zero-order chi connectivity index (χ0) is 26.9. The normalized spacial score (nSPS) is 20.6. The van der Waals surface area contributed by atoms with Crippen molar-refractivity contribution < 1.29 is 19.5 Å². The van der Waals surface area contributed by atoms with E-state index in [0.717, 1.165) is 26.0 Å². The molecule has 1 fully saturated rings. The molecule has 0 aliphatic carbocycles. The molecule has 2 amide bonds. The van der Waals surface area contributed by atoms with Gasteiger partial charge >= 0.3 is 5.97 Å². The van der Waals surface area contributed by atoms with Crippen molar-refractivity contribution in [2.24, 2.45) is 10.9 Å². The summed E-state index contributed by atoms with van der Waals surface area (Å²) in [7, 11) is 0. The smallest absolute Gasteiger partial charge is 0.353 e. The maximum absolute atomic E-state index is 13.0. The highest BCUT2D eigenvalue weighted by Crippen LogP contribution is 2.46. The highest BCUT2D eigenvalue weighted by molar-refractivity contribution is 8.07. The van der Waals surface area contributed by atoms with Crippen LogP contribution in [0.25, 0.3) is 0 Å². The lowest BCUT2D eigenvalue weighted by atomic mass is 10.0. The fraction of sp³-hybridized carbons (Fsp3) is 0.350. The molecule has 0 saturated carbocycles. The van der Waals surface area contributed by atoms with E-state index in [-0.39, 0.29) is 32.7 Å². The minimum absolute atomic E-state index is 0.0355. The van der Waals surface area contributed by atoms with Crippen LogP contribution in [-0.2, 0) is 14.4 Å². The summed E-state index contributed by atoms with van der Waals surface area (Å²) in [6, 6.07) is -0.903. The summed E-state index contributed by atoms with van der Waals surface area (Å²) in [5, 5.41) is 14.6. The Labute approximate surface area is 232 Å². The van der Waals surface area contributed by atoms with E-state index in [0.29, 0.717) is 10.7 Å². The maximum Gasteiger partial charge on any atom is 0.353 e. The van der Waals surface area contributed by atoms with Gasteiger partial charge in [-0.05, 0) is 18.2 Å². The number of thioether (sulfide) groups is 3. The SMILES string of the molecule is CC(N)CSc1cnccc1SC1=C(C(=O)O)N2C(=O)[C@@H](NC(=O)C(N=O)c3nc(N)sc3Cl)[C@@H]2SC1. The molecule has 17 heteroatoms. The molecular formula is C20H20ClN7O5S4. The lowest BCUT2D eigenvalue weighted by Crippen LogP contribution is -2.70. The molecule has 2 aliphatic rings. The van der Waals surface area contributed by atoms with Gasteiger partial charge in [0.05, 0.1) is 0 Å². The molecule has 4 atom stereocenters.